The maximum atomic E-state index is 12.0. The summed E-state index contributed by atoms with van der Waals surface area (Å²) >= 11 is 6.16. The first kappa shape index (κ1) is 26.9. The molecule has 2 heterocycles. The van der Waals surface area contributed by atoms with E-state index in [0.29, 0.717) is 59.3 Å². The molecule has 1 aliphatic rings. The van der Waals surface area contributed by atoms with Crippen LogP contribution in [-0.2, 0) is 11.3 Å². The van der Waals surface area contributed by atoms with Crippen molar-refractivity contribution in [1.29, 1.82) is 0 Å². The minimum atomic E-state index is -1.20. The minimum absolute atomic E-state index is 0.118. The van der Waals surface area contributed by atoms with Crippen molar-refractivity contribution in [3.8, 4) is 17.1 Å². The van der Waals surface area contributed by atoms with Gasteiger partial charge in [-0.25, -0.2) is 19.7 Å². The Hall–Kier alpha value is -3.69. The highest BCUT2D eigenvalue weighted by atomic mass is 35.5. The fraction of sp³-hybridized carbons (Fsp3) is 0.379. The van der Waals surface area contributed by atoms with Gasteiger partial charge in [-0.2, -0.15) is 0 Å². The second-order valence-electron chi connectivity index (χ2n) is 9.99. The van der Waals surface area contributed by atoms with E-state index in [1.165, 1.54) is 6.42 Å². The van der Waals surface area contributed by atoms with Crippen LogP contribution in [0.25, 0.3) is 22.6 Å². The van der Waals surface area contributed by atoms with Gasteiger partial charge in [-0.3, -0.25) is 0 Å². The Labute approximate surface area is 232 Å². The normalized spacial score (nSPS) is 14.3. The summed E-state index contributed by atoms with van der Waals surface area (Å²) in [6.45, 7) is 5.37. The molecule has 0 aliphatic heterocycles. The smallest absolute Gasteiger partial charge is 0.374 e. The van der Waals surface area contributed by atoms with Crippen molar-refractivity contribution in [2.24, 2.45) is 5.92 Å². The first-order chi connectivity index (χ1) is 18.8. The number of carbonyl (C=O) groups is 1. The summed E-state index contributed by atoms with van der Waals surface area (Å²) in [5.41, 5.74) is 3.74. The van der Waals surface area contributed by atoms with Crippen LogP contribution in [0, 0.1) is 12.8 Å². The van der Waals surface area contributed by atoms with Crippen LogP contribution in [0.5, 0.6) is 5.75 Å². The summed E-state index contributed by atoms with van der Waals surface area (Å²) in [5.74, 6) is 0.715. The van der Waals surface area contributed by atoms with Crippen LogP contribution in [-0.4, -0.2) is 57.0 Å². The summed E-state index contributed by atoms with van der Waals surface area (Å²) in [6.07, 6.45) is 3.47. The number of methoxy groups -OCH3 is 1. The molecule has 2 aromatic heterocycles. The van der Waals surface area contributed by atoms with Crippen LogP contribution < -0.4 is 10.1 Å². The number of hydrogen-bond acceptors (Lipinski definition) is 7. The highest BCUT2D eigenvalue weighted by Crippen LogP contribution is 2.37. The van der Waals surface area contributed by atoms with Crippen molar-refractivity contribution in [2.45, 2.75) is 45.7 Å². The number of fused-ring (bicyclic) bond motifs is 1. The molecule has 204 valence electrons. The second kappa shape index (κ2) is 11.6. The number of aromatic carboxylic acids is 1. The first-order valence-electron chi connectivity index (χ1n) is 13.1. The molecule has 5 rings (SSSR count). The van der Waals surface area contributed by atoms with E-state index in [1.807, 2.05) is 54.0 Å². The fourth-order valence-electron chi connectivity index (χ4n) is 4.82. The van der Waals surface area contributed by atoms with Crippen molar-refractivity contribution in [1.82, 2.24) is 19.5 Å². The summed E-state index contributed by atoms with van der Waals surface area (Å²) in [4.78, 5) is 25.7. The van der Waals surface area contributed by atoms with Crippen LogP contribution in [0.15, 0.2) is 42.5 Å². The molecular weight excluding hydrogens is 518 g/mol. The lowest BCUT2D eigenvalue weighted by molar-refractivity contribution is 0.0684. The molecule has 1 aliphatic carbocycles. The Morgan fingerprint density at radius 1 is 1.15 bits per heavy atom. The predicted molar refractivity (Wildman–Crippen MR) is 151 cm³/mol. The highest BCUT2D eigenvalue weighted by Gasteiger charge is 2.28. The fourth-order valence-corrected chi connectivity index (χ4v) is 4.94. The minimum Gasteiger partial charge on any atom is -0.490 e. The third kappa shape index (κ3) is 5.84. The molecule has 0 amide bonds. The molecule has 2 aromatic carbocycles. The first-order valence-corrected chi connectivity index (χ1v) is 13.5. The maximum Gasteiger partial charge on any atom is 0.374 e. The number of nitrogens with one attached hydrogen (secondary N) is 1. The van der Waals surface area contributed by atoms with Gasteiger partial charge in [-0.15, -0.1) is 0 Å². The number of ether oxygens (including phenoxy) is 2. The molecule has 0 unspecified atom stereocenters. The monoisotopic (exact) mass is 549 g/mol. The van der Waals surface area contributed by atoms with Gasteiger partial charge in [0.15, 0.2) is 11.5 Å². The van der Waals surface area contributed by atoms with Gasteiger partial charge >= 0.3 is 5.97 Å². The van der Waals surface area contributed by atoms with Crippen molar-refractivity contribution < 1.29 is 19.4 Å². The van der Waals surface area contributed by atoms with E-state index in [-0.39, 0.29) is 11.9 Å². The van der Waals surface area contributed by atoms with Crippen LogP contribution in [0.4, 0.5) is 5.82 Å². The molecule has 0 bridgehead atoms. The molecule has 2 N–H and O–H groups in total. The largest absolute Gasteiger partial charge is 0.490 e. The average Bonchev–Trinajstić information content (AvgIpc) is 3.23. The number of carboxylic acids is 1. The quantitative estimate of drug-likeness (QED) is 0.225. The van der Waals surface area contributed by atoms with Crippen LogP contribution in [0.1, 0.15) is 47.9 Å². The number of imidazole rings is 1. The van der Waals surface area contributed by atoms with Gasteiger partial charge in [0, 0.05) is 24.7 Å². The number of aromatic nitrogens is 4. The number of hydrogen-bond donors (Lipinski definition) is 2. The zero-order valence-corrected chi connectivity index (χ0v) is 23.0. The van der Waals surface area contributed by atoms with E-state index in [1.54, 1.807) is 7.11 Å². The predicted octanol–water partition coefficient (Wildman–Crippen LogP) is 5.83. The number of anilines is 1. The molecular formula is C29H32ClN5O4. The lowest BCUT2D eigenvalue weighted by Gasteiger charge is -2.32. The van der Waals surface area contributed by atoms with Gasteiger partial charge in [0.1, 0.15) is 23.7 Å². The van der Waals surface area contributed by atoms with Crippen molar-refractivity contribution in [2.75, 3.05) is 25.6 Å². The number of aryl methyl sites for hydroxylation is 1. The average molecular weight is 550 g/mol. The van der Waals surface area contributed by atoms with E-state index in [4.69, 9.17) is 26.1 Å². The zero-order chi connectivity index (χ0) is 27.5. The molecule has 4 aromatic rings. The zero-order valence-electron chi connectivity index (χ0n) is 22.3. The van der Waals surface area contributed by atoms with E-state index >= 15 is 0 Å². The summed E-state index contributed by atoms with van der Waals surface area (Å²) < 4.78 is 13.3. The van der Waals surface area contributed by atoms with Crippen LogP contribution >= 0.6 is 11.6 Å². The van der Waals surface area contributed by atoms with Crippen molar-refractivity contribution in [3.63, 3.8) is 0 Å². The second-order valence-corrected chi connectivity index (χ2v) is 10.4. The maximum absolute atomic E-state index is 12.0. The third-order valence-corrected chi connectivity index (χ3v) is 7.44. The molecule has 0 saturated heterocycles. The Morgan fingerprint density at radius 2 is 1.92 bits per heavy atom. The topological polar surface area (TPSA) is 111 Å². The SMILES string of the molecule is COCCOc1ccc(C)cc1-c1nc2nc(C(=O)O)nc(N[C@H](C)C3CCC3)c2n1Cc1ccc(Cl)cc1. The van der Waals surface area contributed by atoms with Crippen molar-refractivity contribution in [3.05, 3.63) is 64.4 Å². The van der Waals surface area contributed by atoms with Gasteiger partial charge in [-0.05, 0) is 62.4 Å². The van der Waals surface area contributed by atoms with E-state index in [0.717, 1.165) is 29.5 Å². The van der Waals surface area contributed by atoms with Crippen molar-refractivity contribution >= 4 is 34.6 Å². The molecule has 1 atom stereocenters. The van der Waals surface area contributed by atoms with Gasteiger partial charge in [0.05, 0.1) is 12.2 Å². The van der Waals surface area contributed by atoms with Gasteiger partial charge in [0.25, 0.3) is 0 Å². The summed E-state index contributed by atoms with van der Waals surface area (Å²) in [5, 5.41) is 13.9. The molecule has 0 radical (unpaired) electrons. The van der Waals surface area contributed by atoms with Gasteiger partial charge < -0.3 is 24.5 Å². The molecule has 9 nitrogen and oxygen atoms in total. The van der Waals surface area contributed by atoms with Crippen LogP contribution in [0.3, 0.4) is 0 Å². The Morgan fingerprint density at radius 3 is 2.59 bits per heavy atom. The summed E-state index contributed by atoms with van der Waals surface area (Å²) in [7, 11) is 1.63. The number of carboxylic acid groups (broad SMARTS) is 1. The Kier molecular flexibility index (Phi) is 7.99. The number of nitrogens with zero attached hydrogens (tertiary/aromatic N) is 4. The Balaban J connectivity index is 1.72. The number of benzene rings is 2. The van der Waals surface area contributed by atoms with E-state index < -0.39 is 5.97 Å². The molecule has 10 heteroatoms. The van der Waals surface area contributed by atoms with E-state index in [9.17, 15) is 9.90 Å². The molecule has 1 fully saturated rings. The molecule has 1 saturated carbocycles. The Bertz CT molecular complexity index is 1480. The van der Waals surface area contributed by atoms with E-state index in [2.05, 4.69) is 22.2 Å². The third-order valence-electron chi connectivity index (χ3n) is 7.19. The lowest BCUT2D eigenvalue weighted by Crippen LogP contribution is -2.31. The lowest BCUT2D eigenvalue weighted by atomic mass is 9.80. The molecule has 0 spiro atoms. The molecule has 39 heavy (non-hydrogen) atoms. The number of rotatable bonds is 11. The van der Waals surface area contributed by atoms with Crippen LogP contribution in [0.2, 0.25) is 5.02 Å². The van der Waals surface area contributed by atoms with Gasteiger partial charge in [-0.1, -0.05) is 41.8 Å². The number of halogens is 1. The summed E-state index contributed by atoms with van der Waals surface area (Å²) in [6, 6.07) is 13.6. The highest BCUT2D eigenvalue weighted by molar-refractivity contribution is 6.30. The van der Waals surface area contributed by atoms with Gasteiger partial charge in [0.2, 0.25) is 5.82 Å². The standard InChI is InChI=1S/C29H32ClN5O4/c1-17-7-12-23(39-14-13-38-3)22(15-17)28-34-26-24(35(28)16-19-8-10-21(30)11-9-19)25(32-27(33-26)29(36)37)31-18(2)20-5-4-6-20/h7-12,15,18,20H,4-6,13-14,16H2,1-3H3,(H,36,37)(H,31,32,33)/t18-/m1/s1.